The smallest absolute Gasteiger partial charge is 0.306 e. The molecule has 0 bridgehead atoms. The second kappa shape index (κ2) is 57.4. The predicted octanol–water partition coefficient (Wildman–Crippen LogP) is 19.3. The fourth-order valence-electron chi connectivity index (χ4n) is 7.48. The van der Waals surface area contributed by atoms with Crippen LogP contribution in [0.25, 0.3) is 0 Å². The molecule has 0 aromatic heterocycles. The Labute approximate surface area is 431 Å². The first kappa shape index (κ1) is 65.8. The minimum atomic E-state index is -0.821. The Morgan fingerprint density at radius 3 is 0.986 bits per heavy atom. The van der Waals surface area contributed by atoms with Crippen LogP contribution in [-0.2, 0) is 28.6 Å². The van der Waals surface area contributed by atoms with E-state index in [1.807, 2.05) is 6.08 Å². The highest BCUT2D eigenvalue weighted by atomic mass is 16.6. The van der Waals surface area contributed by atoms with Gasteiger partial charge in [0.05, 0.1) is 0 Å². The third kappa shape index (κ3) is 54.7. The summed E-state index contributed by atoms with van der Waals surface area (Å²) in [7, 11) is 0. The molecule has 0 saturated heterocycles. The van der Waals surface area contributed by atoms with Crippen molar-refractivity contribution in [2.75, 3.05) is 13.2 Å². The van der Waals surface area contributed by atoms with Crippen LogP contribution in [0.5, 0.6) is 0 Å². The Morgan fingerprint density at radius 2 is 0.586 bits per heavy atom. The molecule has 0 saturated carbocycles. The Kier molecular flexibility index (Phi) is 54.0. The molecule has 0 N–H and O–H groups in total. The molecule has 0 radical (unpaired) electrons. The lowest BCUT2D eigenvalue weighted by atomic mass is 10.1. The zero-order valence-corrected chi connectivity index (χ0v) is 45.2. The molecular weight excluding hydrogens is 865 g/mol. The minimum absolute atomic E-state index is 0.114. The summed E-state index contributed by atoms with van der Waals surface area (Å²) in [6, 6.07) is 0. The summed E-state index contributed by atoms with van der Waals surface area (Å²) < 4.78 is 16.8. The van der Waals surface area contributed by atoms with Crippen molar-refractivity contribution < 1.29 is 28.6 Å². The van der Waals surface area contributed by atoms with E-state index in [2.05, 4.69) is 136 Å². The van der Waals surface area contributed by atoms with Crippen LogP contribution in [0, 0.1) is 0 Å². The van der Waals surface area contributed by atoms with Gasteiger partial charge in [-0.25, -0.2) is 0 Å². The van der Waals surface area contributed by atoms with Gasteiger partial charge >= 0.3 is 17.9 Å². The molecule has 0 aliphatic rings. The first-order valence-corrected chi connectivity index (χ1v) is 28.5. The van der Waals surface area contributed by atoms with E-state index in [1.165, 1.54) is 83.5 Å². The Bertz CT molecular complexity index is 1490. The first-order chi connectivity index (χ1) is 34.5. The fourth-order valence-corrected chi connectivity index (χ4v) is 7.48. The standard InChI is InChI=1S/C64H104O6/c1-4-7-10-13-16-19-22-25-28-30-32-34-36-39-42-45-48-51-54-57-63(66)69-60-61(59-68-62(65)56-53-50-47-44-41-38-27-24-21-18-15-12-9-6-3)70-64(67)58-55-52-49-46-43-40-37-35-33-31-29-26-23-20-17-14-11-8-5-2/h7-8,10-11,16-17,19-20,25-26,28-29,32,34,38-39,41-42,48,51,61H,4-6,9,12-15,18,21-24,27,30-31,33,35-37,40,43-47,49-50,52-60H2,1-3H3/b10-7-,11-8-,19-16-,20-17-,28-25-,29-26-,34-32-,41-38-,42-39-,51-48-. The number of unbranched alkanes of at least 4 members (excludes halogenated alkanes) is 19. The highest BCUT2D eigenvalue weighted by Gasteiger charge is 2.19. The maximum atomic E-state index is 12.9. The Balaban J connectivity index is 4.53. The second-order valence-electron chi connectivity index (χ2n) is 18.4. The van der Waals surface area contributed by atoms with Gasteiger partial charge in [0.25, 0.3) is 0 Å². The molecule has 1 unspecified atom stereocenters. The summed E-state index contributed by atoms with van der Waals surface area (Å²) in [6.45, 7) is 6.33. The molecular formula is C64H104O6. The lowest BCUT2D eigenvalue weighted by Crippen LogP contribution is -2.30. The molecule has 0 amide bonds. The summed E-state index contributed by atoms with van der Waals surface area (Å²) in [4.78, 5) is 38.1. The molecule has 0 spiro atoms. The average molecular weight is 970 g/mol. The monoisotopic (exact) mass is 969 g/mol. The summed E-state index contributed by atoms with van der Waals surface area (Å²) in [5, 5.41) is 0. The maximum absolute atomic E-state index is 12.9. The van der Waals surface area contributed by atoms with Crippen LogP contribution in [0.3, 0.4) is 0 Å². The largest absolute Gasteiger partial charge is 0.462 e. The van der Waals surface area contributed by atoms with Crippen molar-refractivity contribution in [2.24, 2.45) is 0 Å². The van der Waals surface area contributed by atoms with Gasteiger partial charge < -0.3 is 14.2 Å². The SMILES string of the molecule is CC/C=C\C/C=C\C/C=C\C/C=C\C/C=C\C/C=C\CCC(=O)OCC(COC(=O)CCCCC/C=C\CCCCCCCCC)OC(=O)CCCCCCCCCCC/C=C\C/C=C\C/C=C\CC. The van der Waals surface area contributed by atoms with Gasteiger partial charge in [-0.2, -0.15) is 0 Å². The number of hydrogen-bond acceptors (Lipinski definition) is 6. The highest BCUT2D eigenvalue weighted by molar-refractivity contribution is 5.71. The third-order valence-corrected chi connectivity index (χ3v) is 11.7. The maximum Gasteiger partial charge on any atom is 0.306 e. The summed E-state index contributed by atoms with van der Waals surface area (Å²) in [6.07, 6.45) is 79.1. The Morgan fingerprint density at radius 1 is 0.300 bits per heavy atom. The molecule has 70 heavy (non-hydrogen) atoms. The van der Waals surface area contributed by atoms with Gasteiger partial charge in [-0.05, 0) is 116 Å². The molecule has 1 atom stereocenters. The fraction of sp³-hybridized carbons (Fsp3) is 0.641. The number of ether oxygens (including phenoxy) is 3. The van der Waals surface area contributed by atoms with E-state index in [0.717, 1.165) is 116 Å². The number of hydrogen-bond donors (Lipinski definition) is 0. The van der Waals surface area contributed by atoms with Gasteiger partial charge in [-0.3, -0.25) is 14.4 Å². The van der Waals surface area contributed by atoms with E-state index in [0.29, 0.717) is 19.3 Å². The average Bonchev–Trinajstić information content (AvgIpc) is 3.36. The van der Waals surface area contributed by atoms with Gasteiger partial charge in [0.1, 0.15) is 13.2 Å². The highest BCUT2D eigenvalue weighted by Crippen LogP contribution is 2.14. The van der Waals surface area contributed by atoms with Crippen LogP contribution >= 0.6 is 0 Å². The van der Waals surface area contributed by atoms with Gasteiger partial charge in [-0.1, -0.05) is 232 Å². The number of rotatable bonds is 50. The number of esters is 3. The minimum Gasteiger partial charge on any atom is -0.462 e. The van der Waals surface area contributed by atoms with Crippen LogP contribution in [-0.4, -0.2) is 37.2 Å². The van der Waals surface area contributed by atoms with Gasteiger partial charge in [0, 0.05) is 19.3 Å². The Hall–Kier alpha value is -4.19. The van der Waals surface area contributed by atoms with E-state index in [4.69, 9.17) is 14.2 Å². The van der Waals surface area contributed by atoms with Gasteiger partial charge in [0.2, 0.25) is 0 Å². The zero-order chi connectivity index (χ0) is 50.7. The van der Waals surface area contributed by atoms with E-state index in [-0.39, 0.29) is 37.5 Å². The van der Waals surface area contributed by atoms with Crippen molar-refractivity contribution in [3.63, 3.8) is 0 Å². The quantitative estimate of drug-likeness (QED) is 0.0262. The second-order valence-corrected chi connectivity index (χ2v) is 18.4. The van der Waals surface area contributed by atoms with E-state index >= 15 is 0 Å². The van der Waals surface area contributed by atoms with Crippen molar-refractivity contribution in [2.45, 2.75) is 252 Å². The third-order valence-electron chi connectivity index (χ3n) is 11.7. The molecule has 0 aliphatic heterocycles. The molecule has 6 nitrogen and oxygen atoms in total. The lowest BCUT2D eigenvalue weighted by Gasteiger charge is -2.18. The summed E-state index contributed by atoms with van der Waals surface area (Å²) in [5.74, 6) is -1.02. The molecule has 0 heterocycles. The molecule has 0 fully saturated rings. The first-order valence-electron chi connectivity index (χ1n) is 28.5. The number of carbonyl (C=O) groups excluding carboxylic acids is 3. The van der Waals surface area contributed by atoms with E-state index in [1.54, 1.807) is 0 Å². The van der Waals surface area contributed by atoms with Crippen molar-refractivity contribution in [3.8, 4) is 0 Å². The molecule has 0 rings (SSSR count). The van der Waals surface area contributed by atoms with Crippen LogP contribution < -0.4 is 0 Å². The number of carbonyl (C=O) groups is 3. The van der Waals surface area contributed by atoms with Crippen molar-refractivity contribution in [1.82, 2.24) is 0 Å². The molecule has 396 valence electrons. The molecule has 0 aliphatic carbocycles. The summed E-state index contributed by atoms with van der Waals surface area (Å²) >= 11 is 0. The van der Waals surface area contributed by atoms with E-state index < -0.39 is 6.10 Å². The van der Waals surface area contributed by atoms with Crippen molar-refractivity contribution in [3.05, 3.63) is 122 Å². The van der Waals surface area contributed by atoms with Crippen molar-refractivity contribution in [1.29, 1.82) is 0 Å². The van der Waals surface area contributed by atoms with Crippen LogP contribution in [0.15, 0.2) is 122 Å². The van der Waals surface area contributed by atoms with Gasteiger partial charge in [-0.15, -0.1) is 0 Å². The molecule has 6 heteroatoms. The van der Waals surface area contributed by atoms with Crippen LogP contribution in [0.4, 0.5) is 0 Å². The molecule has 0 aromatic carbocycles. The zero-order valence-electron chi connectivity index (χ0n) is 45.2. The van der Waals surface area contributed by atoms with E-state index in [9.17, 15) is 14.4 Å². The van der Waals surface area contributed by atoms with Crippen LogP contribution in [0.2, 0.25) is 0 Å². The predicted molar refractivity (Wildman–Crippen MR) is 302 cm³/mol. The lowest BCUT2D eigenvalue weighted by molar-refractivity contribution is -0.166. The van der Waals surface area contributed by atoms with Crippen molar-refractivity contribution >= 4 is 17.9 Å². The van der Waals surface area contributed by atoms with Crippen LogP contribution in [0.1, 0.15) is 245 Å². The normalized spacial score (nSPS) is 13.0. The molecule has 0 aromatic rings. The topological polar surface area (TPSA) is 78.9 Å². The number of allylic oxidation sites excluding steroid dienone is 20. The van der Waals surface area contributed by atoms with Gasteiger partial charge in [0.15, 0.2) is 6.10 Å². The summed E-state index contributed by atoms with van der Waals surface area (Å²) in [5.41, 5.74) is 0.